The molecule has 0 atom stereocenters. The fourth-order valence-electron chi connectivity index (χ4n) is 11.1. The lowest BCUT2D eigenvalue weighted by Crippen LogP contribution is -2.55. The topological polar surface area (TPSA) is 92.3 Å². The third-order valence-electron chi connectivity index (χ3n) is 12.0. The van der Waals surface area contributed by atoms with E-state index in [4.69, 9.17) is 0 Å². The summed E-state index contributed by atoms with van der Waals surface area (Å²) in [5, 5.41) is 5.65. The van der Waals surface area contributed by atoms with E-state index in [-0.39, 0.29) is 46.3 Å². The van der Waals surface area contributed by atoms with Crippen molar-refractivity contribution in [2.45, 2.75) is 103 Å². The molecule has 36 heavy (non-hydrogen) atoms. The van der Waals surface area contributed by atoms with E-state index in [0.29, 0.717) is 61.2 Å². The highest BCUT2D eigenvalue weighted by molar-refractivity contribution is 6.00. The zero-order valence-electron chi connectivity index (χ0n) is 21.6. The fraction of sp³-hybridized carbons (Fsp3) is 0.867. The Morgan fingerprint density at radius 1 is 0.444 bits per heavy atom. The Labute approximate surface area is 214 Å². The molecule has 0 aromatic rings. The highest BCUT2D eigenvalue weighted by Gasteiger charge is 2.56. The first-order valence-electron chi connectivity index (χ1n) is 15.0. The van der Waals surface area contributed by atoms with Crippen LogP contribution in [0.4, 0.5) is 0 Å². The maximum atomic E-state index is 13.3. The average molecular weight is 495 g/mol. The van der Waals surface area contributed by atoms with Gasteiger partial charge in [-0.2, -0.15) is 0 Å². The van der Waals surface area contributed by atoms with Gasteiger partial charge in [0.2, 0.25) is 23.6 Å². The average Bonchev–Trinajstić information content (AvgIpc) is 2.82. The molecule has 9 fully saturated rings. The minimum Gasteiger partial charge on any atom is -0.296 e. The monoisotopic (exact) mass is 494 g/mol. The first-order chi connectivity index (χ1) is 17.3. The summed E-state index contributed by atoms with van der Waals surface area (Å²) >= 11 is 0. The second kappa shape index (κ2) is 8.39. The fourth-order valence-corrected chi connectivity index (χ4v) is 11.1. The maximum Gasteiger partial charge on any atom is 0.232 e. The lowest BCUT2D eigenvalue weighted by Gasteiger charge is -2.55. The number of hydrogen-bond acceptors (Lipinski definition) is 4. The predicted molar refractivity (Wildman–Crippen MR) is 133 cm³/mol. The Morgan fingerprint density at radius 3 is 0.944 bits per heavy atom. The van der Waals surface area contributed by atoms with Gasteiger partial charge in [-0.1, -0.05) is 0 Å². The first kappa shape index (κ1) is 23.4. The molecule has 0 aromatic carbocycles. The number of nitrogens with one attached hydrogen (secondary N) is 2. The minimum atomic E-state index is -0.306. The van der Waals surface area contributed by atoms with E-state index in [0.717, 1.165) is 38.5 Å². The molecule has 6 heteroatoms. The van der Waals surface area contributed by atoms with E-state index in [1.807, 2.05) is 0 Å². The molecular formula is C30H42N2O4. The zero-order chi connectivity index (χ0) is 24.7. The van der Waals surface area contributed by atoms with Crippen molar-refractivity contribution < 1.29 is 19.2 Å². The summed E-state index contributed by atoms with van der Waals surface area (Å²) in [5.41, 5.74) is -0.613. The molecule has 0 heterocycles. The van der Waals surface area contributed by atoms with E-state index in [9.17, 15) is 19.2 Å². The van der Waals surface area contributed by atoms with Crippen LogP contribution >= 0.6 is 0 Å². The molecular weight excluding hydrogens is 452 g/mol. The van der Waals surface area contributed by atoms with Crippen molar-refractivity contribution in [1.82, 2.24) is 10.6 Å². The molecule has 2 N–H and O–H groups in total. The van der Waals surface area contributed by atoms with Gasteiger partial charge in [-0.3, -0.25) is 29.8 Å². The van der Waals surface area contributed by atoms with Crippen molar-refractivity contribution >= 4 is 23.6 Å². The molecule has 0 unspecified atom stereocenters. The van der Waals surface area contributed by atoms with Gasteiger partial charge in [0.05, 0.1) is 10.8 Å². The van der Waals surface area contributed by atoms with Crippen LogP contribution in [0.15, 0.2) is 0 Å². The van der Waals surface area contributed by atoms with Gasteiger partial charge in [-0.05, 0) is 138 Å². The summed E-state index contributed by atoms with van der Waals surface area (Å²) in [5.74, 6) is 3.31. The molecule has 0 aliphatic heterocycles. The maximum absolute atomic E-state index is 13.3. The zero-order valence-corrected chi connectivity index (χ0v) is 21.6. The predicted octanol–water partition coefficient (Wildman–Crippen LogP) is 4.51. The number of hydrogen-bond donors (Lipinski definition) is 2. The van der Waals surface area contributed by atoms with Crippen molar-refractivity contribution in [3.05, 3.63) is 0 Å². The lowest BCUT2D eigenvalue weighted by atomic mass is 9.49. The van der Waals surface area contributed by atoms with Crippen LogP contribution in [0.3, 0.4) is 0 Å². The SMILES string of the molecule is O=C(NC(=O)C12CC3CC(CC(C3)C1)C2)C1CCC(C(=O)NC(=O)C23CC4CC(CC(C4)C2)C3)CC1. The molecule has 0 saturated heterocycles. The summed E-state index contributed by atoms with van der Waals surface area (Å²) < 4.78 is 0. The quantitative estimate of drug-likeness (QED) is 0.563. The van der Waals surface area contributed by atoms with Crippen LogP contribution in [0.2, 0.25) is 0 Å². The van der Waals surface area contributed by atoms with E-state index in [1.165, 1.54) is 38.5 Å². The number of amides is 4. The van der Waals surface area contributed by atoms with Crippen molar-refractivity contribution in [2.24, 2.45) is 58.2 Å². The van der Waals surface area contributed by atoms with Gasteiger partial charge < -0.3 is 0 Å². The Balaban J connectivity index is 0.911. The van der Waals surface area contributed by atoms with Crippen LogP contribution < -0.4 is 10.6 Å². The molecule has 6 nitrogen and oxygen atoms in total. The normalized spacial score (nSPS) is 48.0. The molecule has 9 saturated carbocycles. The Hall–Kier alpha value is -1.72. The van der Waals surface area contributed by atoms with Gasteiger partial charge in [0.25, 0.3) is 0 Å². The van der Waals surface area contributed by atoms with E-state index >= 15 is 0 Å². The van der Waals surface area contributed by atoms with Crippen LogP contribution in [0.1, 0.15) is 103 Å². The van der Waals surface area contributed by atoms with Crippen LogP contribution in [0, 0.1) is 58.2 Å². The minimum absolute atomic E-state index is 0.0207. The third-order valence-corrected chi connectivity index (χ3v) is 12.0. The van der Waals surface area contributed by atoms with E-state index in [2.05, 4.69) is 10.6 Å². The van der Waals surface area contributed by atoms with Crippen molar-refractivity contribution in [3.8, 4) is 0 Å². The Bertz CT molecular complexity index is 829. The summed E-state index contributed by atoms with van der Waals surface area (Å²) in [7, 11) is 0. The molecule has 8 bridgehead atoms. The Kier molecular flexibility index (Phi) is 5.46. The molecule has 4 amide bonds. The molecule has 9 aliphatic carbocycles. The number of carbonyl (C=O) groups excluding carboxylic acids is 4. The number of carbonyl (C=O) groups is 4. The number of imide groups is 2. The molecule has 9 rings (SSSR count). The van der Waals surface area contributed by atoms with Crippen molar-refractivity contribution in [2.75, 3.05) is 0 Å². The first-order valence-corrected chi connectivity index (χ1v) is 15.0. The van der Waals surface area contributed by atoms with Gasteiger partial charge in [-0.25, -0.2) is 0 Å². The van der Waals surface area contributed by atoms with Gasteiger partial charge in [-0.15, -0.1) is 0 Å². The summed E-state index contributed by atoms with van der Waals surface area (Å²) in [6.45, 7) is 0. The third kappa shape index (κ3) is 3.88. The molecule has 0 spiro atoms. The van der Waals surface area contributed by atoms with Crippen LogP contribution in [0.5, 0.6) is 0 Å². The molecule has 196 valence electrons. The summed E-state index contributed by atoms with van der Waals surface area (Å²) in [4.78, 5) is 52.6. The van der Waals surface area contributed by atoms with Crippen molar-refractivity contribution in [3.63, 3.8) is 0 Å². The van der Waals surface area contributed by atoms with E-state index < -0.39 is 0 Å². The summed E-state index contributed by atoms with van der Waals surface area (Å²) in [6.07, 6.45) is 15.9. The smallest absolute Gasteiger partial charge is 0.232 e. The Morgan fingerprint density at radius 2 is 0.694 bits per heavy atom. The van der Waals surface area contributed by atoms with Gasteiger partial charge in [0.1, 0.15) is 0 Å². The molecule has 0 radical (unpaired) electrons. The standard InChI is InChI=1S/C30H42N2O4/c33-25(31-27(35)29-11-17-5-18(12-29)7-19(6-17)13-29)23-1-2-24(4-3-23)26(34)32-28(36)30-14-20-8-21(15-30)10-22(9-20)16-30/h17-24H,1-16H2,(H,31,33,35)(H,32,34,36). The van der Waals surface area contributed by atoms with E-state index in [1.54, 1.807) is 0 Å². The van der Waals surface area contributed by atoms with Crippen LogP contribution in [-0.2, 0) is 19.2 Å². The molecule has 0 aromatic heterocycles. The van der Waals surface area contributed by atoms with Gasteiger partial charge in [0, 0.05) is 11.8 Å². The van der Waals surface area contributed by atoms with Crippen LogP contribution in [-0.4, -0.2) is 23.6 Å². The van der Waals surface area contributed by atoms with Gasteiger partial charge >= 0.3 is 0 Å². The van der Waals surface area contributed by atoms with Crippen molar-refractivity contribution in [1.29, 1.82) is 0 Å². The highest BCUT2D eigenvalue weighted by atomic mass is 16.2. The molecule has 9 aliphatic rings. The number of rotatable bonds is 4. The highest BCUT2D eigenvalue weighted by Crippen LogP contribution is 2.61. The second-order valence-corrected chi connectivity index (χ2v) is 14.6. The largest absolute Gasteiger partial charge is 0.296 e. The second-order valence-electron chi connectivity index (χ2n) is 14.6. The lowest BCUT2D eigenvalue weighted by molar-refractivity contribution is -0.152. The summed E-state index contributed by atoms with van der Waals surface area (Å²) in [6, 6.07) is 0. The van der Waals surface area contributed by atoms with Gasteiger partial charge in [0.15, 0.2) is 0 Å². The van der Waals surface area contributed by atoms with Crippen LogP contribution in [0.25, 0.3) is 0 Å².